The van der Waals surface area contributed by atoms with E-state index in [4.69, 9.17) is 9.47 Å². The number of imidazole rings is 1. The number of benzene rings is 1. The molecule has 0 bridgehead atoms. The Kier molecular flexibility index (Phi) is 6.04. The maximum atomic E-state index is 13.1. The van der Waals surface area contributed by atoms with Crippen molar-refractivity contribution in [2.45, 2.75) is 18.2 Å². The molecule has 2 aromatic heterocycles. The molecule has 1 N–H and O–H groups in total. The highest BCUT2D eigenvalue weighted by atomic mass is 32.2. The average molecular weight is 451 g/mol. The SMILES string of the molecule is CCOc1ccc(NC(=O)Cc2cn3ccsc3n2)cc1S(=O)(=O)N1CCOCC1. The topological polar surface area (TPSA) is 102 Å². The average Bonchev–Trinajstić information content (AvgIpc) is 3.31. The van der Waals surface area contributed by atoms with Crippen molar-refractivity contribution < 1.29 is 22.7 Å². The number of ether oxygens (including phenoxy) is 2. The summed E-state index contributed by atoms with van der Waals surface area (Å²) < 4.78 is 40.3. The largest absolute Gasteiger partial charge is 0.492 e. The Hall–Kier alpha value is -2.47. The van der Waals surface area contributed by atoms with E-state index in [0.29, 0.717) is 31.2 Å². The normalized spacial score (nSPS) is 15.4. The Balaban J connectivity index is 1.55. The van der Waals surface area contributed by atoms with Crippen LogP contribution in [0.5, 0.6) is 5.75 Å². The number of anilines is 1. The summed E-state index contributed by atoms with van der Waals surface area (Å²) in [5, 5.41) is 4.68. The predicted molar refractivity (Wildman–Crippen MR) is 113 cm³/mol. The van der Waals surface area contributed by atoms with E-state index in [1.165, 1.54) is 21.7 Å². The van der Waals surface area contributed by atoms with Crippen LogP contribution in [0.4, 0.5) is 5.69 Å². The van der Waals surface area contributed by atoms with Crippen LogP contribution in [0.1, 0.15) is 12.6 Å². The molecule has 3 heterocycles. The van der Waals surface area contributed by atoms with Gasteiger partial charge in [-0.3, -0.25) is 9.20 Å². The fourth-order valence-corrected chi connectivity index (χ4v) is 5.50. The van der Waals surface area contributed by atoms with Gasteiger partial charge in [0.25, 0.3) is 0 Å². The molecule has 160 valence electrons. The van der Waals surface area contributed by atoms with Crippen LogP contribution in [0.15, 0.2) is 40.9 Å². The second-order valence-corrected chi connectivity index (χ2v) is 9.44. The first kappa shape index (κ1) is 20.8. The standard InChI is InChI=1S/C19H22N4O5S2/c1-2-28-16-4-3-14(11-17(16)30(25,26)23-5-8-27-9-6-23)20-18(24)12-15-13-22-7-10-29-19(22)21-15/h3-4,7,10-11,13H,2,5-6,8-9,12H2,1H3,(H,20,24). The summed E-state index contributed by atoms with van der Waals surface area (Å²) in [6.07, 6.45) is 3.77. The minimum absolute atomic E-state index is 0.0338. The molecule has 0 radical (unpaired) electrons. The second kappa shape index (κ2) is 8.72. The summed E-state index contributed by atoms with van der Waals surface area (Å²) in [6, 6.07) is 4.64. The van der Waals surface area contributed by atoms with Crippen LogP contribution in [0, 0.1) is 0 Å². The number of carbonyl (C=O) groups excluding carboxylic acids is 1. The van der Waals surface area contributed by atoms with E-state index in [1.54, 1.807) is 25.3 Å². The molecule has 0 unspecified atom stereocenters. The van der Waals surface area contributed by atoms with Crippen molar-refractivity contribution >= 4 is 37.9 Å². The highest BCUT2D eigenvalue weighted by Gasteiger charge is 2.29. The number of carbonyl (C=O) groups is 1. The molecule has 0 aliphatic carbocycles. The maximum Gasteiger partial charge on any atom is 0.246 e. The van der Waals surface area contributed by atoms with E-state index in [2.05, 4.69) is 10.3 Å². The number of morpholine rings is 1. The Morgan fingerprint density at radius 3 is 2.87 bits per heavy atom. The molecule has 4 rings (SSSR count). The molecular weight excluding hydrogens is 428 g/mol. The number of rotatable bonds is 7. The Labute approximate surface area is 178 Å². The third-order valence-corrected chi connectivity index (χ3v) is 7.29. The zero-order chi connectivity index (χ0) is 21.1. The van der Waals surface area contributed by atoms with Gasteiger partial charge in [-0.2, -0.15) is 4.31 Å². The molecule has 1 amide bonds. The summed E-state index contributed by atoms with van der Waals surface area (Å²) in [5.74, 6) is -0.0176. The first-order valence-corrected chi connectivity index (χ1v) is 11.8. The van der Waals surface area contributed by atoms with Crippen molar-refractivity contribution in [1.29, 1.82) is 0 Å². The molecule has 1 saturated heterocycles. The zero-order valence-corrected chi connectivity index (χ0v) is 18.0. The molecule has 0 spiro atoms. The Bertz CT molecular complexity index is 1120. The lowest BCUT2D eigenvalue weighted by atomic mass is 10.2. The number of nitrogens with zero attached hydrogens (tertiary/aromatic N) is 3. The smallest absolute Gasteiger partial charge is 0.246 e. The van der Waals surface area contributed by atoms with Gasteiger partial charge in [-0.25, -0.2) is 13.4 Å². The van der Waals surface area contributed by atoms with Gasteiger partial charge in [0.15, 0.2) is 4.96 Å². The van der Waals surface area contributed by atoms with E-state index in [0.717, 1.165) is 4.96 Å². The predicted octanol–water partition coefficient (Wildman–Crippen LogP) is 2.00. The van der Waals surface area contributed by atoms with Crippen LogP contribution >= 0.6 is 11.3 Å². The van der Waals surface area contributed by atoms with E-state index in [1.807, 2.05) is 16.0 Å². The van der Waals surface area contributed by atoms with Gasteiger partial charge in [0.2, 0.25) is 15.9 Å². The van der Waals surface area contributed by atoms with Crippen molar-refractivity contribution in [3.63, 3.8) is 0 Å². The molecule has 9 nitrogen and oxygen atoms in total. The summed E-state index contributed by atoms with van der Waals surface area (Å²) in [6.45, 7) is 3.37. The highest BCUT2D eigenvalue weighted by Crippen LogP contribution is 2.30. The van der Waals surface area contributed by atoms with Gasteiger partial charge in [-0.15, -0.1) is 11.3 Å². The molecule has 0 atom stereocenters. The number of thiazole rings is 1. The lowest BCUT2D eigenvalue weighted by Gasteiger charge is -2.27. The number of sulfonamides is 1. The van der Waals surface area contributed by atoms with Crippen LogP contribution in [-0.2, 0) is 26.0 Å². The highest BCUT2D eigenvalue weighted by molar-refractivity contribution is 7.89. The second-order valence-electron chi connectivity index (χ2n) is 6.66. The van der Waals surface area contributed by atoms with Crippen LogP contribution in [0.3, 0.4) is 0 Å². The van der Waals surface area contributed by atoms with Gasteiger partial charge in [-0.05, 0) is 25.1 Å². The van der Waals surface area contributed by atoms with E-state index < -0.39 is 10.0 Å². The first-order chi connectivity index (χ1) is 14.5. The Morgan fingerprint density at radius 2 is 2.13 bits per heavy atom. The first-order valence-electron chi connectivity index (χ1n) is 9.53. The third-order valence-electron chi connectivity index (χ3n) is 4.60. The molecule has 1 fully saturated rings. The summed E-state index contributed by atoms with van der Waals surface area (Å²) in [7, 11) is -3.78. The van der Waals surface area contributed by atoms with Gasteiger partial charge in [0.05, 0.1) is 31.9 Å². The fraction of sp³-hybridized carbons (Fsp3) is 0.368. The van der Waals surface area contributed by atoms with E-state index in [9.17, 15) is 13.2 Å². The van der Waals surface area contributed by atoms with E-state index in [-0.39, 0.29) is 36.1 Å². The number of fused-ring (bicyclic) bond motifs is 1. The quantitative estimate of drug-likeness (QED) is 0.591. The van der Waals surface area contributed by atoms with Crippen LogP contribution in [0.2, 0.25) is 0 Å². The van der Waals surface area contributed by atoms with Crippen molar-refractivity contribution in [2.75, 3.05) is 38.2 Å². The van der Waals surface area contributed by atoms with Crippen LogP contribution in [0.25, 0.3) is 4.96 Å². The van der Waals surface area contributed by atoms with Crippen molar-refractivity contribution in [2.24, 2.45) is 0 Å². The van der Waals surface area contributed by atoms with Gasteiger partial charge < -0.3 is 14.8 Å². The zero-order valence-electron chi connectivity index (χ0n) is 16.4. The van der Waals surface area contributed by atoms with Gasteiger partial charge >= 0.3 is 0 Å². The number of hydrogen-bond donors (Lipinski definition) is 1. The number of aromatic nitrogens is 2. The van der Waals surface area contributed by atoms with Gasteiger partial charge in [0, 0.05) is 36.6 Å². The Morgan fingerprint density at radius 1 is 1.33 bits per heavy atom. The molecule has 3 aromatic rings. The lowest BCUT2D eigenvalue weighted by Crippen LogP contribution is -2.40. The molecule has 0 saturated carbocycles. The van der Waals surface area contributed by atoms with Gasteiger partial charge in [-0.1, -0.05) is 0 Å². The molecular formula is C19H22N4O5S2. The minimum Gasteiger partial charge on any atom is -0.492 e. The van der Waals surface area contributed by atoms with Crippen molar-refractivity contribution in [3.05, 3.63) is 41.7 Å². The third kappa shape index (κ3) is 4.33. The summed E-state index contributed by atoms with van der Waals surface area (Å²) >= 11 is 1.49. The number of hydrogen-bond acceptors (Lipinski definition) is 7. The van der Waals surface area contributed by atoms with Crippen LogP contribution < -0.4 is 10.1 Å². The monoisotopic (exact) mass is 450 g/mol. The number of nitrogens with one attached hydrogen (secondary N) is 1. The molecule has 11 heteroatoms. The number of amides is 1. The minimum atomic E-state index is -3.78. The van der Waals surface area contributed by atoms with Crippen molar-refractivity contribution in [3.8, 4) is 5.75 Å². The molecule has 1 aliphatic heterocycles. The molecule has 1 aliphatic rings. The maximum absolute atomic E-state index is 13.1. The summed E-state index contributed by atoms with van der Waals surface area (Å²) in [5.41, 5.74) is 1.03. The van der Waals surface area contributed by atoms with Gasteiger partial charge in [0.1, 0.15) is 10.6 Å². The van der Waals surface area contributed by atoms with Crippen LogP contribution in [-0.4, -0.2) is 60.9 Å². The van der Waals surface area contributed by atoms with Crippen molar-refractivity contribution in [1.82, 2.24) is 13.7 Å². The summed E-state index contributed by atoms with van der Waals surface area (Å²) in [4.78, 5) is 17.7. The van der Waals surface area contributed by atoms with E-state index >= 15 is 0 Å². The fourth-order valence-electron chi connectivity index (χ4n) is 3.22. The lowest BCUT2D eigenvalue weighted by molar-refractivity contribution is -0.115. The molecule has 1 aromatic carbocycles. The molecule has 30 heavy (non-hydrogen) atoms.